The van der Waals surface area contributed by atoms with Gasteiger partial charge in [-0.2, -0.15) is 0 Å². The van der Waals surface area contributed by atoms with E-state index < -0.39 is 6.09 Å². The molecule has 0 fully saturated rings. The summed E-state index contributed by atoms with van der Waals surface area (Å²) in [7, 11) is 0. The molecule has 0 spiro atoms. The standard InChI is InChI=1S/C27H27FN2O2/c1-4-29(5-2)27(31)32-25-15-14-24-23(26(25)20-10-12-22(28)13-11-20)16-17-30(24)18-21-9-7-6-8-19(21)3/h6-17H,4-5,18H2,1-3H3. The van der Waals surface area contributed by atoms with Gasteiger partial charge in [0.25, 0.3) is 0 Å². The lowest BCUT2D eigenvalue weighted by molar-refractivity contribution is 0.157. The maximum absolute atomic E-state index is 13.6. The number of amides is 1. The van der Waals surface area contributed by atoms with E-state index in [1.165, 1.54) is 23.3 Å². The minimum Gasteiger partial charge on any atom is -0.410 e. The van der Waals surface area contributed by atoms with Crippen LogP contribution in [0.25, 0.3) is 22.0 Å². The molecule has 0 aliphatic rings. The van der Waals surface area contributed by atoms with Crippen molar-refractivity contribution in [1.29, 1.82) is 0 Å². The highest BCUT2D eigenvalue weighted by Crippen LogP contribution is 2.38. The lowest BCUT2D eigenvalue weighted by Crippen LogP contribution is -2.33. The zero-order valence-electron chi connectivity index (χ0n) is 18.6. The van der Waals surface area contributed by atoms with Gasteiger partial charge in [0.15, 0.2) is 0 Å². The summed E-state index contributed by atoms with van der Waals surface area (Å²) in [5, 5.41) is 0.954. The smallest absolute Gasteiger partial charge is 0.410 e. The van der Waals surface area contributed by atoms with Crippen LogP contribution in [0.2, 0.25) is 0 Å². The van der Waals surface area contributed by atoms with Crippen molar-refractivity contribution in [3.8, 4) is 16.9 Å². The van der Waals surface area contributed by atoms with Crippen LogP contribution in [0.1, 0.15) is 25.0 Å². The molecule has 164 valence electrons. The van der Waals surface area contributed by atoms with Gasteiger partial charge in [-0.25, -0.2) is 9.18 Å². The van der Waals surface area contributed by atoms with Crippen molar-refractivity contribution < 1.29 is 13.9 Å². The normalized spacial score (nSPS) is 11.0. The summed E-state index contributed by atoms with van der Waals surface area (Å²) < 4.78 is 21.6. The molecule has 0 saturated heterocycles. The number of aromatic nitrogens is 1. The highest BCUT2D eigenvalue weighted by Gasteiger charge is 2.19. The maximum Gasteiger partial charge on any atom is 0.415 e. The number of carbonyl (C=O) groups excluding carboxylic acids is 1. The van der Waals surface area contributed by atoms with Crippen LogP contribution in [0.15, 0.2) is 72.9 Å². The Balaban J connectivity index is 1.82. The van der Waals surface area contributed by atoms with Crippen LogP contribution in [0.4, 0.5) is 9.18 Å². The molecule has 0 saturated carbocycles. The van der Waals surface area contributed by atoms with E-state index in [9.17, 15) is 9.18 Å². The second kappa shape index (κ2) is 9.27. The van der Waals surface area contributed by atoms with E-state index in [1.807, 2.05) is 50.4 Å². The summed E-state index contributed by atoms with van der Waals surface area (Å²) in [5.74, 6) is 0.161. The number of halogens is 1. The Bertz CT molecular complexity index is 1240. The van der Waals surface area contributed by atoms with Gasteiger partial charge in [0, 0.05) is 42.3 Å². The fourth-order valence-electron chi connectivity index (χ4n) is 4.00. The van der Waals surface area contributed by atoms with Crippen molar-refractivity contribution in [2.75, 3.05) is 13.1 Å². The zero-order chi connectivity index (χ0) is 22.7. The molecule has 0 aliphatic heterocycles. The average molecular weight is 431 g/mol. The Morgan fingerprint density at radius 1 is 0.969 bits per heavy atom. The Kier molecular flexibility index (Phi) is 6.26. The Morgan fingerprint density at radius 2 is 1.69 bits per heavy atom. The van der Waals surface area contributed by atoms with E-state index in [0.717, 1.165) is 28.6 Å². The molecule has 4 aromatic rings. The van der Waals surface area contributed by atoms with Crippen molar-refractivity contribution in [3.05, 3.63) is 89.9 Å². The predicted octanol–water partition coefficient (Wildman–Crippen LogP) is 6.64. The van der Waals surface area contributed by atoms with Gasteiger partial charge in [-0.3, -0.25) is 0 Å². The molecule has 3 aromatic carbocycles. The number of aryl methyl sites for hydroxylation is 1. The summed E-state index contributed by atoms with van der Waals surface area (Å²) in [6.45, 7) is 7.81. The van der Waals surface area contributed by atoms with Crippen LogP contribution in [-0.4, -0.2) is 28.6 Å². The number of benzene rings is 3. The molecule has 1 aromatic heterocycles. The van der Waals surface area contributed by atoms with Crippen LogP contribution >= 0.6 is 0 Å². The van der Waals surface area contributed by atoms with Crippen LogP contribution in [0, 0.1) is 12.7 Å². The molecule has 0 atom stereocenters. The Morgan fingerprint density at radius 3 is 2.38 bits per heavy atom. The van der Waals surface area contributed by atoms with E-state index in [1.54, 1.807) is 17.0 Å². The van der Waals surface area contributed by atoms with E-state index >= 15 is 0 Å². The fourth-order valence-corrected chi connectivity index (χ4v) is 4.00. The molecular formula is C27H27FN2O2. The third-order valence-corrected chi connectivity index (χ3v) is 5.87. The highest BCUT2D eigenvalue weighted by molar-refractivity contribution is 5.99. The van der Waals surface area contributed by atoms with E-state index in [2.05, 4.69) is 23.6 Å². The third-order valence-electron chi connectivity index (χ3n) is 5.87. The number of fused-ring (bicyclic) bond motifs is 1. The topological polar surface area (TPSA) is 34.5 Å². The van der Waals surface area contributed by atoms with Crippen molar-refractivity contribution in [1.82, 2.24) is 9.47 Å². The molecule has 4 rings (SSSR count). The van der Waals surface area contributed by atoms with E-state index in [4.69, 9.17) is 4.74 Å². The second-order valence-electron chi connectivity index (χ2n) is 7.79. The first-order valence-electron chi connectivity index (χ1n) is 10.9. The van der Waals surface area contributed by atoms with Crippen molar-refractivity contribution in [2.24, 2.45) is 0 Å². The zero-order valence-corrected chi connectivity index (χ0v) is 18.6. The van der Waals surface area contributed by atoms with Gasteiger partial charge < -0.3 is 14.2 Å². The third kappa shape index (κ3) is 4.24. The monoisotopic (exact) mass is 430 g/mol. The number of nitrogens with zero attached hydrogens (tertiary/aromatic N) is 2. The van der Waals surface area contributed by atoms with Gasteiger partial charge >= 0.3 is 6.09 Å². The fraction of sp³-hybridized carbons (Fsp3) is 0.222. The summed E-state index contributed by atoms with van der Waals surface area (Å²) in [6, 6.07) is 20.4. The first kappa shape index (κ1) is 21.6. The Hall–Kier alpha value is -3.60. The largest absolute Gasteiger partial charge is 0.415 e. The lowest BCUT2D eigenvalue weighted by atomic mass is 10.0. The molecule has 32 heavy (non-hydrogen) atoms. The molecule has 4 nitrogen and oxygen atoms in total. The first-order chi connectivity index (χ1) is 15.5. The summed E-state index contributed by atoms with van der Waals surface area (Å²) in [6.07, 6.45) is 1.65. The number of hydrogen-bond donors (Lipinski definition) is 0. The molecule has 0 unspecified atom stereocenters. The molecule has 1 amide bonds. The van der Waals surface area contributed by atoms with Gasteiger partial charge in [-0.05, 0) is 67.8 Å². The molecule has 0 aliphatic carbocycles. The SMILES string of the molecule is CCN(CC)C(=O)Oc1ccc2c(ccn2Cc2ccccc2C)c1-c1ccc(F)cc1. The van der Waals surface area contributed by atoms with Gasteiger partial charge in [-0.15, -0.1) is 0 Å². The quantitative estimate of drug-likeness (QED) is 0.343. The summed E-state index contributed by atoms with van der Waals surface area (Å²) in [5.41, 5.74) is 5.08. The van der Waals surface area contributed by atoms with Crippen molar-refractivity contribution >= 4 is 17.0 Å². The van der Waals surface area contributed by atoms with Gasteiger partial charge in [0.2, 0.25) is 0 Å². The van der Waals surface area contributed by atoms with Gasteiger partial charge in [0.05, 0.1) is 0 Å². The van der Waals surface area contributed by atoms with E-state index in [-0.39, 0.29) is 5.82 Å². The first-order valence-corrected chi connectivity index (χ1v) is 10.9. The van der Waals surface area contributed by atoms with Crippen LogP contribution in [0.3, 0.4) is 0 Å². The number of hydrogen-bond acceptors (Lipinski definition) is 2. The minimum absolute atomic E-state index is 0.306. The van der Waals surface area contributed by atoms with Crippen molar-refractivity contribution in [2.45, 2.75) is 27.3 Å². The minimum atomic E-state index is -0.392. The van der Waals surface area contributed by atoms with E-state index in [0.29, 0.717) is 18.8 Å². The van der Waals surface area contributed by atoms with Crippen LogP contribution in [0.5, 0.6) is 5.75 Å². The second-order valence-corrected chi connectivity index (χ2v) is 7.79. The van der Waals surface area contributed by atoms with Gasteiger partial charge in [0.1, 0.15) is 11.6 Å². The average Bonchev–Trinajstić information content (AvgIpc) is 3.19. The van der Waals surface area contributed by atoms with Gasteiger partial charge in [-0.1, -0.05) is 36.4 Å². The molecule has 0 N–H and O–H groups in total. The molecule has 5 heteroatoms. The van der Waals surface area contributed by atoms with Crippen LogP contribution in [-0.2, 0) is 6.54 Å². The number of carbonyl (C=O) groups is 1. The lowest BCUT2D eigenvalue weighted by Gasteiger charge is -2.20. The molecule has 1 heterocycles. The Labute approximate surface area is 187 Å². The number of ether oxygens (including phenoxy) is 1. The van der Waals surface area contributed by atoms with Crippen molar-refractivity contribution in [3.63, 3.8) is 0 Å². The maximum atomic E-state index is 13.6. The highest BCUT2D eigenvalue weighted by atomic mass is 19.1. The predicted molar refractivity (Wildman–Crippen MR) is 127 cm³/mol. The summed E-state index contributed by atoms with van der Waals surface area (Å²) in [4.78, 5) is 14.3. The molecule has 0 bridgehead atoms. The molecule has 0 radical (unpaired) electrons. The summed E-state index contributed by atoms with van der Waals surface area (Å²) >= 11 is 0. The molecular weight excluding hydrogens is 403 g/mol. The number of rotatable bonds is 6. The van der Waals surface area contributed by atoms with Crippen LogP contribution < -0.4 is 4.74 Å².